The predicted molar refractivity (Wildman–Crippen MR) is 73.2 cm³/mol. The lowest BCUT2D eigenvalue weighted by atomic mass is 10.3. The largest absolute Gasteiger partial charge is 0.379 e. The highest BCUT2D eigenvalue weighted by atomic mass is 16.5. The second-order valence-corrected chi connectivity index (χ2v) is 4.62. The maximum Gasteiger partial charge on any atom is 0.221 e. The molecule has 1 heterocycles. The Hall–Kier alpha value is -1.62. The molecule has 0 atom stereocenters. The van der Waals surface area contributed by atoms with Crippen LogP contribution in [-0.4, -0.2) is 36.0 Å². The first-order chi connectivity index (χ1) is 9.13. The summed E-state index contributed by atoms with van der Waals surface area (Å²) in [4.78, 5) is 22.3. The second-order valence-electron chi connectivity index (χ2n) is 4.62. The summed E-state index contributed by atoms with van der Waals surface area (Å²) in [5.41, 5.74) is 0.595. The molecule has 0 fully saturated rings. The van der Waals surface area contributed by atoms with Crippen LogP contribution in [0.1, 0.15) is 37.2 Å². The van der Waals surface area contributed by atoms with Gasteiger partial charge < -0.3 is 14.6 Å². The minimum atomic E-state index is -0.00454. The van der Waals surface area contributed by atoms with Gasteiger partial charge in [-0.1, -0.05) is 0 Å². The van der Waals surface area contributed by atoms with Crippen LogP contribution in [0.4, 0.5) is 0 Å². The average Bonchev–Trinajstić information content (AvgIpc) is 2.83. The molecule has 0 aliphatic rings. The summed E-state index contributed by atoms with van der Waals surface area (Å²) < 4.78 is 7.15. The molecule has 0 aromatic carbocycles. The van der Waals surface area contributed by atoms with Gasteiger partial charge in [-0.2, -0.15) is 0 Å². The summed E-state index contributed by atoms with van der Waals surface area (Å²) in [6, 6.07) is 3.53. The summed E-state index contributed by atoms with van der Waals surface area (Å²) in [6.45, 7) is 5.78. The lowest BCUT2D eigenvalue weighted by molar-refractivity contribution is -0.121. The fraction of sp³-hybridized carbons (Fsp3) is 0.571. The molecule has 106 valence electrons. The minimum absolute atomic E-state index is 0.00454. The van der Waals surface area contributed by atoms with Crippen molar-refractivity contribution < 1.29 is 14.3 Å². The van der Waals surface area contributed by atoms with Crippen LogP contribution in [0.15, 0.2) is 18.3 Å². The summed E-state index contributed by atoms with van der Waals surface area (Å²) in [5.74, 6) is -0.00454. The van der Waals surface area contributed by atoms with E-state index in [1.165, 1.54) is 0 Å². The molecule has 1 aromatic heterocycles. The topological polar surface area (TPSA) is 60.3 Å². The summed E-state index contributed by atoms with van der Waals surface area (Å²) in [7, 11) is 0. The van der Waals surface area contributed by atoms with Gasteiger partial charge in [-0.05, 0) is 32.4 Å². The van der Waals surface area contributed by atoms with Crippen molar-refractivity contribution in [1.29, 1.82) is 0 Å². The number of aryl methyl sites for hydroxylation is 1. The van der Waals surface area contributed by atoms with E-state index in [2.05, 4.69) is 5.32 Å². The molecule has 1 rings (SSSR count). The first-order valence-electron chi connectivity index (χ1n) is 6.62. The number of nitrogens with one attached hydrogen (secondary N) is 1. The molecule has 0 spiro atoms. The van der Waals surface area contributed by atoms with E-state index in [9.17, 15) is 9.59 Å². The van der Waals surface area contributed by atoms with Gasteiger partial charge >= 0.3 is 0 Å². The molecule has 0 aliphatic carbocycles. The number of carbonyl (C=O) groups excluding carboxylic acids is 2. The van der Waals surface area contributed by atoms with Gasteiger partial charge in [0.25, 0.3) is 0 Å². The molecule has 0 unspecified atom stereocenters. The van der Waals surface area contributed by atoms with E-state index >= 15 is 0 Å². The number of rotatable bonds is 9. The minimum Gasteiger partial charge on any atom is -0.379 e. The van der Waals surface area contributed by atoms with Crippen LogP contribution in [0.3, 0.4) is 0 Å². The zero-order valence-corrected chi connectivity index (χ0v) is 11.6. The number of aldehydes is 1. The molecular weight excluding hydrogens is 244 g/mol. The molecule has 19 heavy (non-hydrogen) atoms. The van der Waals surface area contributed by atoms with Crippen molar-refractivity contribution in [1.82, 2.24) is 9.88 Å². The quantitative estimate of drug-likeness (QED) is 0.546. The third kappa shape index (κ3) is 6.20. The maximum absolute atomic E-state index is 11.6. The summed E-state index contributed by atoms with van der Waals surface area (Å²) in [6.07, 6.45) is 4.01. The number of amides is 1. The fourth-order valence-corrected chi connectivity index (χ4v) is 1.67. The maximum atomic E-state index is 11.6. The first kappa shape index (κ1) is 15.4. The van der Waals surface area contributed by atoms with E-state index in [-0.39, 0.29) is 12.0 Å². The monoisotopic (exact) mass is 266 g/mol. The highest BCUT2D eigenvalue weighted by molar-refractivity contribution is 5.76. The van der Waals surface area contributed by atoms with Gasteiger partial charge in [0.2, 0.25) is 5.91 Å². The average molecular weight is 266 g/mol. The molecule has 0 saturated carbocycles. The Morgan fingerprint density at radius 2 is 2.32 bits per heavy atom. The van der Waals surface area contributed by atoms with Crippen molar-refractivity contribution >= 4 is 12.2 Å². The third-order valence-corrected chi connectivity index (χ3v) is 2.66. The second kappa shape index (κ2) is 8.48. The number of ether oxygens (including phenoxy) is 1. The number of carbonyl (C=O) groups is 2. The van der Waals surface area contributed by atoms with Crippen LogP contribution in [0, 0.1) is 0 Å². The number of hydrogen-bond acceptors (Lipinski definition) is 3. The summed E-state index contributed by atoms with van der Waals surface area (Å²) >= 11 is 0. The molecule has 0 aliphatic heterocycles. The van der Waals surface area contributed by atoms with Crippen molar-refractivity contribution in [2.45, 2.75) is 39.3 Å². The molecule has 0 radical (unpaired) electrons. The van der Waals surface area contributed by atoms with E-state index < -0.39 is 0 Å². The first-order valence-corrected chi connectivity index (χ1v) is 6.62. The van der Waals surface area contributed by atoms with Crippen molar-refractivity contribution in [2.24, 2.45) is 0 Å². The fourth-order valence-electron chi connectivity index (χ4n) is 1.67. The van der Waals surface area contributed by atoms with Crippen molar-refractivity contribution in [3.63, 3.8) is 0 Å². The van der Waals surface area contributed by atoms with E-state index in [0.29, 0.717) is 31.8 Å². The Morgan fingerprint density at radius 1 is 1.53 bits per heavy atom. The molecule has 0 bridgehead atoms. The Kier molecular flexibility index (Phi) is 6.89. The van der Waals surface area contributed by atoms with Gasteiger partial charge in [-0.15, -0.1) is 0 Å². The Bertz CT molecular complexity index is 399. The molecule has 1 aromatic rings. The third-order valence-electron chi connectivity index (χ3n) is 2.66. The van der Waals surface area contributed by atoms with Crippen LogP contribution in [0.25, 0.3) is 0 Å². The van der Waals surface area contributed by atoms with Gasteiger partial charge in [0.15, 0.2) is 6.29 Å². The zero-order valence-electron chi connectivity index (χ0n) is 11.6. The Morgan fingerprint density at radius 3 is 3.00 bits per heavy atom. The molecule has 0 saturated heterocycles. The molecular formula is C14H22N2O3. The molecule has 5 heteroatoms. The van der Waals surface area contributed by atoms with Gasteiger partial charge in [-0.25, -0.2) is 0 Å². The van der Waals surface area contributed by atoms with Crippen molar-refractivity contribution in [2.75, 3.05) is 13.2 Å². The SMILES string of the molecule is CC(C)OCCCNC(=O)CCn1cccc1C=O. The number of hydrogen-bond donors (Lipinski definition) is 1. The molecule has 5 nitrogen and oxygen atoms in total. The normalized spacial score (nSPS) is 10.7. The molecule has 1 amide bonds. The van der Waals surface area contributed by atoms with Crippen LogP contribution >= 0.6 is 0 Å². The highest BCUT2D eigenvalue weighted by Gasteiger charge is 2.04. The summed E-state index contributed by atoms with van der Waals surface area (Å²) in [5, 5.41) is 2.84. The van der Waals surface area contributed by atoms with Crippen LogP contribution < -0.4 is 5.32 Å². The van der Waals surface area contributed by atoms with Gasteiger partial charge in [0.05, 0.1) is 11.8 Å². The Balaban J connectivity index is 2.13. The van der Waals surface area contributed by atoms with E-state index in [1.807, 2.05) is 13.8 Å². The van der Waals surface area contributed by atoms with Gasteiger partial charge in [0.1, 0.15) is 0 Å². The standard InChI is InChI=1S/C14H22N2O3/c1-12(2)19-10-4-7-15-14(18)6-9-16-8-3-5-13(16)11-17/h3,5,8,11-12H,4,6-7,9-10H2,1-2H3,(H,15,18). The van der Waals surface area contributed by atoms with Crippen molar-refractivity contribution in [3.8, 4) is 0 Å². The van der Waals surface area contributed by atoms with Crippen LogP contribution in [-0.2, 0) is 16.1 Å². The van der Waals surface area contributed by atoms with Crippen LogP contribution in [0.2, 0.25) is 0 Å². The smallest absolute Gasteiger partial charge is 0.221 e. The van der Waals surface area contributed by atoms with E-state index in [1.54, 1.807) is 22.9 Å². The number of aromatic nitrogens is 1. The predicted octanol–water partition coefficient (Wildman–Crippen LogP) is 1.62. The number of nitrogens with zero attached hydrogens (tertiary/aromatic N) is 1. The molecule has 1 N–H and O–H groups in total. The zero-order chi connectivity index (χ0) is 14.1. The van der Waals surface area contributed by atoms with Gasteiger partial charge in [-0.3, -0.25) is 9.59 Å². The Labute approximate surface area is 113 Å². The highest BCUT2D eigenvalue weighted by Crippen LogP contribution is 2.00. The lowest BCUT2D eigenvalue weighted by Crippen LogP contribution is -2.26. The van der Waals surface area contributed by atoms with Gasteiger partial charge in [0, 0.05) is 32.3 Å². The van der Waals surface area contributed by atoms with E-state index in [4.69, 9.17) is 4.74 Å². The van der Waals surface area contributed by atoms with E-state index in [0.717, 1.165) is 12.7 Å². The lowest BCUT2D eigenvalue weighted by Gasteiger charge is -2.09. The van der Waals surface area contributed by atoms with Crippen molar-refractivity contribution in [3.05, 3.63) is 24.0 Å². The van der Waals surface area contributed by atoms with Crippen LogP contribution in [0.5, 0.6) is 0 Å².